The van der Waals surface area contributed by atoms with Crippen LogP contribution in [-0.2, 0) is 0 Å². The van der Waals surface area contributed by atoms with Crippen molar-refractivity contribution in [2.75, 3.05) is 5.32 Å². The largest absolute Gasteiger partial charge is 0.393 e. The van der Waals surface area contributed by atoms with E-state index in [0.29, 0.717) is 17.0 Å². The molecular weight excluding hydrogens is 214 g/mol. The quantitative estimate of drug-likeness (QED) is 0.755. The molecule has 0 aromatic carbocycles. The molecule has 1 heterocycles. The van der Waals surface area contributed by atoms with Crippen LogP contribution in [-0.4, -0.2) is 27.2 Å². The van der Waals surface area contributed by atoms with Crippen molar-refractivity contribution in [1.29, 1.82) is 0 Å². The number of nitrogens with one attached hydrogen (secondary N) is 1. The van der Waals surface area contributed by atoms with Gasteiger partial charge in [-0.15, -0.1) is 0 Å². The van der Waals surface area contributed by atoms with E-state index in [1.165, 1.54) is 0 Å². The minimum atomic E-state index is -0.166. The molecule has 1 aromatic rings. The van der Waals surface area contributed by atoms with Crippen LogP contribution in [0.5, 0.6) is 0 Å². The SMILES string of the molecule is Cc1nc(Cl)c(C)c(NC2CC(O)C2)n1. The average Bonchev–Trinajstić information content (AvgIpc) is 2.10. The third-order valence-corrected chi connectivity index (χ3v) is 3.02. The highest BCUT2D eigenvalue weighted by atomic mass is 35.5. The molecule has 0 aliphatic heterocycles. The van der Waals surface area contributed by atoms with Gasteiger partial charge < -0.3 is 10.4 Å². The van der Waals surface area contributed by atoms with Crippen molar-refractivity contribution in [2.45, 2.75) is 38.8 Å². The second kappa shape index (κ2) is 3.94. The van der Waals surface area contributed by atoms with Crippen molar-refractivity contribution in [2.24, 2.45) is 0 Å². The van der Waals surface area contributed by atoms with Gasteiger partial charge in [0, 0.05) is 11.6 Å². The van der Waals surface area contributed by atoms with Crippen LogP contribution in [0.1, 0.15) is 24.2 Å². The van der Waals surface area contributed by atoms with Gasteiger partial charge in [-0.1, -0.05) is 11.6 Å². The van der Waals surface area contributed by atoms with E-state index in [2.05, 4.69) is 15.3 Å². The number of aryl methyl sites for hydroxylation is 1. The normalized spacial score (nSPS) is 24.8. The highest BCUT2D eigenvalue weighted by Crippen LogP contribution is 2.26. The molecule has 0 saturated heterocycles. The van der Waals surface area contributed by atoms with Gasteiger partial charge in [0.2, 0.25) is 0 Å². The molecule has 15 heavy (non-hydrogen) atoms. The fraction of sp³-hybridized carbons (Fsp3) is 0.600. The lowest BCUT2D eigenvalue weighted by Crippen LogP contribution is -2.39. The Labute approximate surface area is 93.7 Å². The standard InChI is InChI=1S/C10H14ClN3O/c1-5-9(11)12-6(2)13-10(5)14-7-3-8(15)4-7/h7-8,15H,3-4H2,1-2H3,(H,12,13,14). The van der Waals surface area contributed by atoms with Crippen LogP contribution in [0.2, 0.25) is 5.15 Å². The second-order valence-corrected chi connectivity index (χ2v) is 4.36. The van der Waals surface area contributed by atoms with Crippen molar-refractivity contribution >= 4 is 17.4 Å². The molecule has 1 saturated carbocycles. The van der Waals surface area contributed by atoms with E-state index < -0.39 is 0 Å². The van der Waals surface area contributed by atoms with Gasteiger partial charge in [-0.2, -0.15) is 0 Å². The molecule has 1 aliphatic carbocycles. The lowest BCUT2D eigenvalue weighted by molar-refractivity contribution is 0.0835. The van der Waals surface area contributed by atoms with Gasteiger partial charge in [0.25, 0.3) is 0 Å². The summed E-state index contributed by atoms with van der Waals surface area (Å²) in [5.41, 5.74) is 0.864. The minimum absolute atomic E-state index is 0.166. The van der Waals surface area contributed by atoms with E-state index in [1.807, 2.05) is 13.8 Å². The van der Waals surface area contributed by atoms with Crippen LogP contribution in [0, 0.1) is 13.8 Å². The van der Waals surface area contributed by atoms with Gasteiger partial charge >= 0.3 is 0 Å². The summed E-state index contributed by atoms with van der Waals surface area (Å²) in [5, 5.41) is 12.9. The Bertz CT molecular complexity index is 377. The lowest BCUT2D eigenvalue weighted by atomic mass is 9.89. The summed E-state index contributed by atoms with van der Waals surface area (Å²) in [6.45, 7) is 3.70. The van der Waals surface area contributed by atoms with Crippen molar-refractivity contribution in [3.05, 3.63) is 16.5 Å². The first-order chi connectivity index (χ1) is 7.06. The molecule has 0 unspecified atom stereocenters. The summed E-state index contributed by atoms with van der Waals surface area (Å²) in [4.78, 5) is 8.36. The summed E-state index contributed by atoms with van der Waals surface area (Å²) < 4.78 is 0. The van der Waals surface area contributed by atoms with E-state index in [-0.39, 0.29) is 6.10 Å². The molecule has 0 radical (unpaired) electrons. The van der Waals surface area contributed by atoms with Gasteiger partial charge in [-0.3, -0.25) is 0 Å². The summed E-state index contributed by atoms with van der Waals surface area (Å²) in [5.74, 6) is 1.44. The molecule has 0 atom stereocenters. The molecule has 1 aromatic heterocycles. The molecule has 82 valence electrons. The molecule has 0 amide bonds. The molecule has 5 heteroatoms. The van der Waals surface area contributed by atoms with Gasteiger partial charge in [-0.05, 0) is 26.7 Å². The lowest BCUT2D eigenvalue weighted by Gasteiger charge is -2.32. The highest BCUT2D eigenvalue weighted by Gasteiger charge is 2.27. The second-order valence-electron chi connectivity index (χ2n) is 4.00. The number of aliphatic hydroxyl groups is 1. The Morgan fingerprint density at radius 1 is 1.33 bits per heavy atom. The number of hydrogen-bond acceptors (Lipinski definition) is 4. The first kappa shape index (κ1) is 10.6. The van der Waals surface area contributed by atoms with Gasteiger partial charge in [0.1, 0.15) is 16.8 Å². The fourth-order valence-corrected chi connectivity index (χ4v) is 1.85. The Morgan fingerprint density at radius 3 is 2.60 bits per heavy atom. The highest BCUT2D eigenvalue weighted by molar-refractivity contribution is 6.30. The summed E-state index contributed by atoms with van der Waals surface area (Å²) >= 11 is 5.95. The molecule has 1 fully saturated rings. The topological polar surface area (TPSA) is 58.0 Å². The third kappa shape index (κ3) is 2.21. The Kier molecular flexibility index (Phi) is 2.80. The molecule has 0 spiro atoms. The Hall–Kier alpha value is -0.870. The number of hydrogen-bond donors (Lipinski definition) is 2. The number of rotatable bonds is 2. The van der Waals surface area contributed by atoms with Crippen LogP contribution < -0.4 is 5.32 Å². The number of nitrogens with zero attached hydrogens (tertiary/aromatic N) is 2. The Balaban J connectivity index is 2.13. The van der Waals surface area contributed by atoms with Gasteiger partial charge in [0.05, 0.1) is 6.10 Å². The van der Waals surface area contributed by atoms with Crippen LogP contribution >= 0.6 is 11.6 Å². The molecule has 0 bridgehead atoms. The van der Waals surface area contributed by atoms with E-state index in [4.69, 9.17) is 11.6 Å². The molecule has 2 rings (SSSR count). The predicted octanol–water partition coefficient (Wildman–Crippen LogP) is 1.68. The monoisotopic (exact) mass is 227 g/mol. The maximum absolute atomic E-state index is 9.18. The number of halogens is 1. The van der Waals surface area contributed by atoms with E-state index >= 15 is 0 Å². The predicted molar refractivity (Wildman–Crippen MR) is 59.2 cm³/mol. The Morgan fingerprint density at radius 2 is 2.00 bits per heavy atom. The zero-order valence-corrected chi connectivity index (χ0v) is 9.54. The first-order valence-electron chi connectivity index (χ1n) is 5.01. The third-order valence-electron chi connectivity index (χ3n) is 2.65. The van der Waals surface area contributed by atoms with Crippen molar-refractivity contribution in [3.8, 4) is 0 Å². The molecular formula is C10H14ClN3O. The van der Waals surface area contributed by atoms with Crippen LogP contribution in [0.15, 0.2) is 0 Å². The van der Waals surface area contributed by atoms with Crippen molar-refractivity contribution < 1.29 is 5.11 Å². The van der Waals surface area contributed by atoms with E-state index in [1.54, 1.807) is 0 Å². The number of anilines is 1. The van der Waals surface area contributed by atoms with Gasteiger partial charge in [-0.25, -0.2) is 9.97 Å². The molecule has 2 N–H and O–H groups in total. The van der Waals surface area contributed by atoms with Crippen LogP contribution in [0.25, 0.3) is 0 Å². The maximum Gasteiger partial charge on any atom is 0.137 e. The molecule has 1 aliphatic rings. The molecule has 4 nitrogen and oxygen atoms in total. The van der Waals surface area contributed by atoms with E-state index in [0.717, 1.165) is 24.2 Å². The van der Waals surface area contributed by atoms with Crippen molar-refractivity contribution in [3.63, 3.8) is 0 Å². The number of aromatic nitrogens is 2. The van der Waals surface area contributed by atoms with E-state index in [9.17, 15) is 5.11 Å². The number of aliphatic hydroxyl groups excluding tert-OH is 1. The van der Waals surface area contributed by atoms with Crippen molar-refractivity contribution in [1.82, 2.24) is 9.97 Å². The summed E-state index contributed by atoms with van der Waals surface area (Å²) in [6.07, 6.45) is 1.39. The van der Waals surface area contributed by atoms with Crippen LogP contribution in [0.4, 0.5) is 5.82 Å². The summed E-state index contributed by atoms with van der Waals surface area (Å²) in [7, 11) is 0. The summed E-state index contributed by atoms with van der Waals surface area (Å²) in [6, 6.07) is 0.309. The average molecular weight is 228 g/mol. The zero-order valence-electron chi connectivity index (χ0n) is 8.79. The minimum Gasteiger partial charge on any atom is -0.393 e. The smallest absolute Gasteiger partial charge is 0.137 e. The first-order valence-corrected chi connectivity index (χ1v) is 5.39. The zero-order chi connectivity index (χ0) is 11.0. The maximum atomic E-state index is 9.18. The van der Waals surface area contributed by atoms with Gasteiger partial charge in [0.15, 0.2) is 0 Å². The van der Waals surface area contributed by atoms with Crippen LogP contribution in [0.3, 0.4) is 0 Å². The fourth-order valence-electron chi connectivity index (χ4n) is 1.63.